The fourth-order valence-corrected chi connectivity index (χ4v) is 2.43. The highest BCUT2D eigenvalue weighted by Crippen LogP contribution is 2.18. The summed E-state index contributed by atoms with van der Waals surface area (Å²) < 4.78 is 12.2. The minimum atomic E-state index is -0.945. The summed E-state index contributed by atoms with van der Waals surface area (Å²) in [4.78, 5) is 24.2. The first kappa shape index (κ1) is 20.5. The maximum absolute atomic E-state index is 12.2. The van der Waals surface area contributed by atoms with Gasteiger partial charge in [-0.05, 0) is 44.4 Å². The number of benzene rings is 1. The molecule has 7 heteroatoms. The van der Waals surface area contributed by atoms with Crippen molar-refractivity contribution >= 4 is 17.7 Å². The quantitative estimate of drug-likeness (QED) is 0.716. The third kappa shape index (κ3) is 5.84. The van der Waals surface area contributed by atoms with Crippen LogP contribution in [-0.2, 0) is 14.3 Å². The zero-order chi connectivity index (χ0) is 20.0. The first-order chi connectivity index (χ1) is 12.8. The van der Waals surface area contributed by atoms with Crippen molar-refractivity contribution in [1.82, 2.24) is 9.78 Å². The smallest absolute Gasteiger partial charge is 0.344 e. The van der Waals surface area contributed by atoms with Crippen LogP contribution in [0.2, 0.25) is 0 Å². The number of nitrogens with zero attached hydrogens (tertiary/aromatic N) is 2. The molecule has 1 atom stereocenters. The van der Waals surface area contributed by atoms with Gasteiger partial charge >= 0.3 is 5.97 Å². The van der Waals surface area contributed by atoms with Crippen molar-refractivity contribution in [2.75, 3.05) is 11.9 Å². The Hall–Kier alpha value is -2.83. The monoisotopic (exact) mass is 373 g/mol. The van der Waals surface area contributed by atoms with Gasteiger partial charge in [0.15, 0.2) is 12.7 Å². The molecule has 0 aliphatic heterocycles. The minimum Gasteiger partial charge on any atom is -0.482 e. The van der Waals surface area contributed by atoms with Crippen LogP contribution in [0.25, 0.3) is 0 Å². The van der Waals surface area contributed by atoms with Crippen molar-refractivity contribution in [3.8, 4) is 5.75 Å². The molecule has 0 bridgehead atoms. The Morgan fingerprint density at radius 1 is 1.07 bits per heavy atom. The van der Waals surface area contributed by atoms with Gasteiger partial charge in [0.2, 0.25) is 0 Å². The van der Waals surface area contributed by atoms with Crippen LogP contribution < -0.4 is 10.1 Å². The fourth-order valence-electron chi connectivity index (χ4n) is 2.43. The highest BCUT2D eigenvalue weighted by molar-refractivity contribution is 5.94. The SMILES string of the molecule is CC(C)c1ccc(OCC(=O)O[C@H](C)C(=O)Nc2ccnn2C(C)C)cc1. The Morgan fingerprint density at radius 2 is 1.74 bits per heavy atom. The van der Waals surface area contributed by atoms with E-state index in [9.17, 15) is 9.59 Å². The van der Waals surface area contributed by atoms with Gasteiger partial charge in [0.05, 0.1) is 6.20 Å². The van der Waals surface area contributed by atoms with E-state index >= 15 is 0 Å². The summed E-state index contributed by atoms with van der Waals surface area (Å²) in [6.07, 6.45) is 0.657. The Bertz CT molecular complexity index is 766. The summed E-state index contributed by atoms with van der Waals surface area (Å²) in [6.45, 7) is 9.37. The number of anilines is 1. The van der Waals surface area contributed by atoms with Crippen LogP contribution in [0.15, 0.2) is 36.5 Å². The maximum Gasteiger partial charge on any atom is 0.344 e. The molecule has 0 radical (unpaired) electrons. The average Bonchev–Trinajstić information content (AvgIpc) is 3.08. The van der Waals surface area contributed by atoms with Gasteiger partial charge in [0, 0.05) is 12.1 Å². The second-order valence-electron chi connectivity index (χ2n) is 6.89. The van der Waals surface area contributed by atoms with Crippen LogP contribution in [0.3, 0.4) is 0 Å². The Labute approximate surface area is 159 Å². The van der Waals surface area contributed by atoms with Crippen LogP contribution in [0.4, 0.5) is 5.82 Å². The van der Waals surface area contributed by atoms with Gasteiger partial charge in [0.25, 0.3) is 5.91 Å². The number of hydrogen-bond acceptors (Lipinski definition) is 5. The van der Waals surface area contributed by atoms with Crippen molar-refractivity contribution in [2.45, 2.75) is 52.7 Å². The van der Waals surface area contributed by atoms with Gasteiger partial charge in [0.1, 0.15) is 11.6 Å². The molecule has 0 unspecified atom stereocenters. The largest absolute Gasteiger partial charge is 0.482 e. The van der Waals surface area contributed by atoms with E-state index in [0.717, 1.165) is 0 Å². The number of amides is 1. The molecule has 146 valence electrons. The molecule has 2 aromatic rings. The highest BCUT2D eigenvalue weighted by Gasteiger charge is 2.20. The number of aromatic nitrogens is 2. The summed E-state index contributed by atoms with van der Waals surface area (Å²) in [5, 5.41) is 6.85. The summed E-state index contributed by atoms with van der Waals surface area (Å²) in [5.41, 5.74) is 1.19. The third-order valence-electron chi connectivity index (χ3n) is 3.99. The highest BCUT2D eigenvalue weighted by atomic mass is 16.6. The third-order valence-corrected chi connectivity index (χ3v) is 3.99. The molecule has 0 saturated carbocycles. The molecule has 1 aromatic carbocycles. The Kier molecular flexibility index (Phi) is 6.98. The van der Waals surface area contributed by atoms with Crippen LogP contribution in [0.5, 0.6) is 5.75 Å². The molecular weight excluding hydrogens is 346 g/mol. The molecule has 1 heterocycles. The van der Waals surface area contributed by atoms with Crippen molar-refractivity contribution < 1.29 is 19.1 Å². The van der Waals surface area contributed by atoms with Gasteiger partial charge in [-0.15, -0.1) is 0 Å². The normalized spacial score (nSPS) is 12.1. The lowest BCUT2D eigenvalue weighted by molar-refractivity contribution is -0.155. The molecule has 7 nitrogen and oxygen atoms in total. The summed E-state index contributed by atoms with van der Waals surface area (Å²) in [6, 6.07) is 9.33. The lowest BCUT2D eigenvalue weighted by atomic mass is 10.0. The topological polar surface area (TPSA) is 82.4 Å². The molecule has 1 aromatic heterocycles. The lowest BCUT2D eigenvalue weighted by Crippen LogP contribution is -2.32. The summed E-state index contributed by atoms with van der Waals surface area (Å²) in [7, 11) is 0. The van der Waals surface area contributed by atoms with E-state index < -0.39 is 18.0 Å². The number of hydrogen-bond donors (Lipinski definition) is 1. The zero-order valence-electron chi connectivity index (χ0n) is 16.4. The van der Waals surface area contributed by atoms with Crippen molar-refractivity contribution in [2.24, 2.45) is 0 Å². The second-order valence-corrected chi connectivity index (χ2v) is 6.89. The maximum atomic E-state index is 12.2. The van der Waals surface area contributed by atoms with Crippen molar-refractivity contribution in [1.29, 1.82) is 0 Å². The molecule has 2 rings (SSSR count). The van der Waals surface area contributed by atoms with E-state index in [1.54, 1.807) is 16.9 Å². The number of carbonyl (C=O) groups excluding carboxylic acids is 2. The minimum absolute atomic E-state index is 0.101. The summed E-state index contributed by atoms with van der Waals surface area (Å²) >= 11 is 0. The van der Waals surface area contributed by atoms with E-state index in [1.807, 2.05) is 38.1 Å². The van der Waals surface area contributed by atoms with E-state index in [2.05, 4.69) is 24.3 Å². The van der Waals surface area contributed by atoms with Crippen molar-refractivity contribution in [3.63, 3.8) is 0 Å². The molecule has 0 spiro atoms. The van der Waals surface area contributed by atoms with Gasteiger partial charge in [-0.25, -0.2) is 9.48 Å². The molecule has 0 fully saturated rings. The first-order valence-corrected chi connectivity index (χ1v) is 9.04. The van der Waals surface area contributed by atoms with E-state index in [0.29, 0.717) is 17.5 Å². The van der Waals surface area contributed by atoms with Gasteiger partial charge in [-0.3, -0.25) is 4.79 Å². The molecule has 1 N–H and O–H groups in total. The molecule has 0 aliphatic carbocycles. The first-order valence-electron chi connectivity index (χ1n) is 9.04. The van der Waals surface area contributed by atoms with E-state index in [1.165, 1.54) is 12.5 Å². The Morgan fingerprint density at radius 3 is 2.33 bits per heavy atom. The molecule has 1 amide bonds. The molecule has 0 aliphatic rings. The number of rotatable bonds is 8. The molecule has 0 saturated heterocycles. The van der Waals surface area contributed by atoms with Crippen molar-refractivity contribution in [3.05, 3.63) is 42.1 Å². The zero-order valence-corrected chi connectivity index (χ0v) is 16.4. The Balaban J connectivity index is 1.82. The number of nitrogens with one attached hydrogen (secondary N) is 1. The predicted octanol–water partition coefficient (Wildman–Crippen LogP) is 3.54. The van der Waals surface area contributed by atoms with Crippen LogP contribution in [0, 0.1) is 0 Å². The van der Waals surface area contributed by atoms with Gasteiger partial charge < -0.3 is 14.8 Å². The summed E-state index contributed by atoms with van der Waals surface area (Å²) in [5.74, 6) is 0.527. The fraction of sp³-hybridized carbons (Fsp3) is 0.450. The second kappa shape index (κ2) is 9.21. The number of ether oxygens (including phenoxy) is 2. The molecule has 27 heavy (non-hydrogen) atoms. The average molecular weight is 373 g/mol. The van der Waals surface area contributed by atoms with Gasteiger partial charge in [-0.1, -0.05) is 26.0 Å². The number of esters is 1. The van der Waals surface area contributed by atoms with Gasteiger partial charge in [-0.2, -0.15) is 5.10 Å². The lowest BCUT2D eigenvalue weighted by Gasteiger charge is -2.16. The van der Waals surface area contributed by atoms with Crippen LogP contribution in [0.1, 0.15) is 52.1 Å². The predicted molar refractivity (Wildman–Crippen MR) is 103 cm³/mol. The standard InChI is InChI=1S/C20H27N3O4/c1-13(2)16-6-8-17(9-7-16)26-12-19(24)27-15(5)20(25)22-18-10-11-21-23(18)14(3)4/h6-11,13-15H,12H2,1-5H3,(H,22,25)/t15-/m1/s1. The van der Waals surface area contributed by atoms with Crippen LogP contribution >= 0.6 is 0 Å². The molecular formula is C20H27N3O4. The van der Waals surface area contributed by atoms with Crippen LogP contribution in [-0.4, -0.2) is 34.4 Å². The van der Waals surface area contributed by atoms with E-state index in [-0.39, 0.29) is 12.6 Å². The number of carbonyl (C=O) groups is 2. The van der Waals surface area contributed by atoms with E-state index in [4.69, 9.17) is 9.47 Å².